The van der Waals surface area contributed by atoms with Gasteiger partial charge in [-0.15, -0.1) is 0 Å². The maximum atomic E-state index is 9.31. The van der Waals surface area contributed by atoms with E-state index in [2.05, 4.69) is 10.3 Å². The van der Waals surface area contributed by atoms with Crippen LogP contribution in [0.4, 0.5) is 5.82 Å². The van der Waals surface area contributed by atoms with Gasteiger partial charge in [-0.1, -0.05) is 0 Å². The van der Waals surface area contributed by atoms with Crippen LogP contribution in [0.5, 0.6) is 5.75 Å². The highest BCUT2D eigenvalue weighted by Crippen LogP contribution is 2.25. The van der Waals surface area contributed by atoms with Crippen LogP contribution in [0.25, 0.3) is 10.8 Å². The number of nitrogens with zero attached hydrogens (tertiary/aromatic N) is 1. The Morgan fingerprint density at radius 3 is 2.94 bits per heavy atom. The molecule has 0 bridgehead atoms. The zero-order chi connectivity index (χ0) is 13.0. The molecule has 2 aromatic rings. The van der Waals surface area contributed by atoms with Crippen molar-refractivity contribution in [2.24, 2.45) is 0 Å². The zero-order valence-corrected chi connectivity index (χ0v) is 10.1. The first-order valence-electron chi connectivity index (χ1n) is 5.70. The maximum Gasteiger partial charge on any atom is 0.133 e. The van der Waals surface area contributed by atoms with Gasteiger partial charge in [-0.25, -0.2) is 4.98 Å². The van der Waals surface area contributed by atoms with Crippen LogP contribution in [0, 0.1) is 0 Å². The number of anilines is 1. The summed E-state index contributed by atoms with van der Waals surface area (Å²) >= 11 is 0. The zero-order valence-electron chi connectivity index (χ0n) is 10.1. The minimum atomic E-state index is -0.791. The standard InChI is InChI=1S/C13H16N2O3/c1-18-11-2-3-12-9(6-11)4-5-14-13(12)15-7-10(17)8-16/h2-6,10,16-17H,7-8H2,1H3,(H,14,15). The molecule has 1 aromatic carbocycles. The molecule has 1 heterocycles. The molecule has 3 N–H and O–H groups in total. The molecule has 1 unspecified atom stereocenters. The van der Waals surface area contributed by atoms with Gasteiger partial charge in [0, 0.05) is 18.1 Å². The van der Waals surface area contributed by atoms with Gasteiger partial charge >= 0.3 is 0 Å². The Morgan fingerprint density at radius 1 is 1.39 bits per heavy atom. The van der Waals surface area contributed by atoms with Crippen molar-refractivity contribution < 1.29 is 14.9 Å². The number of ether oxygens (including phenoxy) is 1. The first-order valence-corrected chi connectivity index (χ1v) is 5.70. The molecule has 1 aromatic heterocycles. The van der Waals surface area contributed by atoms with Crippen LogP contribution in [0.2, 0.25) is 0 Å². The Hall–Kier alpha value is -1.85. The molecule has 0 saturated carbocycles. The molecule has 0 fully saturated rings. The van der Waals surface area contributed by atoms with Gasteiger partial charge in [0.15, 0.2) is 0 Å². The number of hydrogen-bond acceptors (Lipinski definition) is 5. The van der Waals surface area contributed by atoms with Crippen molar-refractivity contribution in [1.82, 2.24) is 4.98 Å². The molecule has 0 saturated heterocycles. The molecule has 18 heavy (non-hydrogen) atoms. The third-order valence-corrected chi connectivity index (χ3v) is 2.69. The van der Waals surface area contributed by atoms with Crippen molar-refractivity contribution in [3.8, 4) is 5.75 Å². The van der Waals surface area contributed by atoms with Gasteiger partial charge in [0.25, 0.3) is 0 Å². The number of nitrogens with one attached hydrogen (secondary N) is 1. The fraction of sp³-hybridized carbons (Fsp3) is 0.308. The summed E-state index contributed by atoms with van der Waals surface area (Å²) in [6.07, 6.45) is 0.899. The number of fused-ring (bicyclic) bond motifs is 1. The lowest BCUT2D eigenvalue weighted by Crippen LogP contribution is -2.23. The minimum absolute atomic E-state index is 0.259. The first kappa shape index (κ1) is 12.6. The first-order chi connectivity index (χ1) is 8.74. The van der Waals surface area contributed by atoms with Gasteiger partial charge < -0.3 is 20.3 Å². The molecule has 0 aliphatic heterocycles. The van der Waals surface area contributed by atoms with Crippen LogP contribution in [-0.4, -0.2) is 41.6 Å². The average Bonchev–Trinajstić information content (AvgIpc) is 2.43. The molecule has 0 aliphatic carbocycles. The second-order valence-corrected chi connectivity index (χ2v) is 3.96. The molecule has 0 radical (unpaired) electrons. The number of methoxy groups -OCH3 is 1. The average molecular weight is 248 g/mol. The van der Waals surface area contributed by atoms with Gasteiger partial charge in [0.1, 0.15) is 11.6 Å². The molecule has 0 spiro atoms. The van der Waals surface area contributed by atoms with Gasteiger partial charge in [-0.05, 0) is 29.7 Å². The molecular formula is C13H16N2O3. The van der Waals surface area contributed by atoms with Crippen molar-refractivity contribution in [2.75, 3.05) is 25.6 Å². The number of aliphatic hydroxyl groups is 2. The Balaban J connectivity index is 2.28. The second-order valence-electron chi connectivity index (χ2n) is 3.96. The number of pyridine rings is 1. The lowest BCUT2D eigenvalue weighted by molar-refractivity contribution is 0.105. The number of benzene rings is 1. The Morgan fingerprint density at radius 2 is 2.22 bits per heavy atom. The summed E-state index contributed by atoms with van der Waals surface area (Å²) in [5.41, 5.74) is 0. The number of aliphatic hydroxyl groups excluding tert-OH is 2. The lowest BCUT2D eigenvalue weighted by atomic mass is 10.1. The highest BCUT2D eigenvalue weighted by Gasteiger charge is 2.06. The smallest absolute Gasteiger partial charge is 0.133 e. The van der Waals surface area contributed by atoms with E-state index in [1.54, 1.807) is 13.3 Å². The van der Waals surface area contributed by atoms with E-state index >= 15 is 0 Å². The molecule has 2 rings (SSSR count). The van der Waals surface area contributed by atoms with Crippen LogP contribution in [0.15, 0.2) is 30.5 Å². The summed E-state index contributed by atoms with van der Waals surface area (Å²) in [4.78, 5) is 4.22. The fourth-order valence-corrected chi connectivity index (χ4v) is 1.70. The highest BCUT2D eigenvalue weighted by molar-refractivity contribution is 5.92. The van der Waals surface area contributed by atoms with Gasteiger partial charge in [0.05, 0.1) is 19.8 Å². The van der Waals surface area contributed by atoms with Crippen molar-refractivity contribution in [1.29, 1.82) is 0 Å². The van der Waals surface area contributed by atoms with Crippen LogP contribution in [0.1, 0.15) is 0 Å². The van der Waals surface area contributed by atoms with E-state index in [0.717, 1.165) is 16.5 Å². The Kier molecular flexibility index (Phi) is 3.96. The van der Waals surface area contributed by atoms with Crippen molar-refractivity contribution in [3.05, 3.63) is 30.5 Å². The molecule has 0 amide bonds. The predicted octanol–water partition coefficient (Wildman–Crippen LogP) is 1.01. The fourth-order valence-electron chi connectivity index (χ4n) is 1.70. The van der Waals surface area contributed by atoms with Crippen molar-refractivity contribution >= 4 is 16.6 Å². The largest absolute Gasteiger partial charge is 0.497 e. The highest BCUT2D eigenvalue weighted by atomic mass is 16.5. The lowest BCUT2D eigenvalue weighted by Gasteiger charge is -2.12. The summed E-state index contributed by atoms with van der Waals surface area (Å²) in [5, 5.41) is 23.0. The van der Waals surface area contributed by atoms with E-state index in [4.69, 9.17) is 9.84 Å². The molecule has 0 aliphatic rings. The van der Waals surface area contributed by atoms with E-state index in [1.807, 2.05) is 24.3 Å². The normalized spacial score (nSPS) is 12.4. The number of aromatic nitrogens is 1. The monoisotopic (exact) mass is 248 g/mol. The molecule has 96 valence electrons. The van der Waals surface area contributed by atoms with Gasteiger partial charge in [-0.3, -0.25) is 0 Å². The topological polar surface area (TPSA) is 74.6 Å². The molecule has 5 nitrogen and oxygen atoms in total. The third-order valence-electron chi connectivity index (χ3n) is 2.69. The predicted molar refractivity (Wildman–Crippen MR) is 69.9 cm³/mol. The van der Waals surface area contributed by atoms with Crippen LogP contribution < -0.4 is 10.1 Å². The number of hydrogen-bond donors (Lipinski definition) is 3. The summed E-state index contributed by atoms with van der Waals surface area (Å²) in [6.45, 7) is -0.0137. The summed E-state index contributed by atoms with van der Waals surface area (Å²) < 4.78 is 5.16. The molecule has 1 atom stereocenters. The quantitative estimate of drug-likeness (QED) is 0.736. The minimum Gasteiger partial charge on any atom is -0.497 e. The van der Waals surface area contributed by atoms with Crippen molar-refractivity contribution in [2.45, 2.75) is 6.10 Å². The van der Waals surface area contributed by atoms with Crippen LogP contribution in [0.3, 0.4) is 0 Å². The SMILES string of the molecule is COc1ccc2c(NCC(O)CO)nccc2c1. The Labute approximate surface area is 105 Å². The van der Waals surface area contributed by atoms with E-state index in [1.165, 1.54) is 0 Å². The summed E-state index contributed by atoms with van der Waals surface area (Å²) in [5.74, 6) is 1.47. The molecular weight excluding hydrogens is 232 g/mol. The molecule has 5 heteroatoms. The van der Waals surface area contributed by atoms with Gasteiger partial charge in [-0.2, -0.15) is 0 Å². The van der Waals surface area contributed by atoms with Gasteiger partial charge in [0.2, 0.25) is 0 Å². The third kappa shape index (κ3) is 2.69. The summed E-state index contributed by atoms with van der Waals surface area (Å²) in [7, 11) is 1.62. The van der Waals surface area contributed by atoms with E-state index in [9.17, 15) is 5.11 Å². The summed E-state index contributed by atoms with van der Waals surface area (Å²) in [6, 6.07) is 7.59. The maximum absolute atomic E-state index is 9.31. The van der Waals surface area contributed by atoms with Crippen molar-refractivity contribution in [3.63, 3.8) is 0 Å². The van der Waals surface area contributed by atoms with Crippen LogP contribution in [-0.2, 0) is 0 Å². The number of rotatable bonds is 5. The second kappa shape index (κ2) is 5.66. The van der Waals surface area contributed by atoms with E-state index in [0.29, 0.717) is 5.82 Å². The van der Waals surface area contributed by atoms with E-state index < -0.39 is 6.10 Å². The van der Waals surface area contributed by atoms with Crippen LogP contribution >= 0.6 is 0 Å². The Bertz CT molecular complexity index is 531. The van der Waals surface area contributed by atoms with E-state index in [-0.39, 0.29) is 13.2 Å².